The summed E-state index contributed by atoms with van der Waals surface area (Å²) in [5.41, 5.74) is 2.31. The van der Waals surface area contributed by atoms with Gasteiger partial charge in [0.2, 0.25) is 5.95 Å². The summed E-state index contributed by atoms with van der Waals surface area (Å²) in [6.07, 6.45) is 7.97. The lowest BCUT2D eigenvalue weighted by Gasteiger charge is -2.23. The number of carboxylic acids is 1. The van der Waals surface area contributed by atoms with Crippen LogP contribution < -0.4 is 10.2 Å². The van der Waals surface area contributed by atoms with Crippen LogP contribution in [0.15, 0.2) is 36.9 Å². The van der Waals surface area contributed by atoms with Crippen LogP contribution in [0, 0.1) is 11.3 Å². The molecule has 0 spiro atoms. The van der Waals surface area contributed by atoms with Crippen molar-refractivity contribution in [1.29, 1.82) is 5.26 Å². The molecule has 4 rings (SSSR count). The van der Waals surface area contributed by atoms with Crippen LogP contribution in [-0.4, -0.2) is 48.4 Å². The molecule has 1 aliphatic rings. The molecule has 0 saturated carbocycles. The first-order valence-electron chi connectivity index (χ1n) is 9.04. The number of nitrogens with zero attached hydrogens (tertiary/aromatic N) is 7. The number of aromatic nitrogens is 5. The molecule has 0 radical (unpaired) electrons. The third-order valence-electron chi connectivity index (χ3n) is 4.71. The first-order chi connectivity index (χ1) is 14.0. The third-order valence-corrected chi connectivity index (χ3v) is 4.71. The van der Waals surface area contributed by atoms with Crippen molar-refractivity contribution in [2.45, 2.75) is 18.9 Å². The molecular weight excluding hydrogens is 372 g/mol. The Morgan fingerprint density at radius 2 is 2.24 bits per heavy atom. The zero-order valence-corrected chi connectivity index (χ0v) is 15.6. The van der Waals surface area contributed by atoms with Crippen LogP contribution >= 0.6 is 0 Å². The van der Waals surface area contributed by atoms with Gasteiger partial charge in [-0.3, -0.25) is 4.68 Å². The molecular formula is C19H18N8O2. The molecule has 1 fully saturated rings. The van der Waals surface area contributed by atoms with Gasteiger partial charge in [0.15, 0.2) is 0 Å². The molecule has 3 aromatic rings. The number of aryl methyl sites for hydroxylation is 1. The maximum Gasteiger partial charge on any atom is 0.326 e. The Morgan fingerprint density at radius 3 is 2.97 bits per heavy atom. The molecule has 1 aliphatic heterocycles. The molecule has 10 heteroatoms. The van der Waals surface area contributed by atoms with Crippen molar-refractivity contribution in [3.8, 4) is 17.3 Å². The number of carboxylic acid groups (broad SMARTS) is 1. The number of hydrogen-bond donors (Lipinski definition) is 2. The standard InChI is InChI=1S/C19H18N8O2/c1-26-11-14(10-23-26)24-19-21-5-4-15(25-19)13-7-12(8-20)17(22-9-13)27-6-2-3-16(27)18(28)29/h4-5,7,9-11,16H,2-3,6H2,1H3,(H,28,29)(H,21,24,25). The van der Waals surface area contributed by atoms with Crippen LogP contribution in [-0.2, 0) is 11.8 Å². The molecule has 2 N–H and O–H groups in total. The molecule has 10 nitrogen and oxygen atoms in total. The quantitative estimate of drug-likeness (QED) is 0.670. The van der Waals surface area contributed by atoms with Gasteiger partial charge in [-0.05, 0) is 25.0 Å². The molecule has 0 aromatic carbocycles. The van der Waals surface area contributed by atoms with E-state index in [1.54, 1.807) is 46.5 Å². The van der Waals surface area contributed by atoms with E-state index >= 15 is 0 Å². The molecule has 29 heavy (non-hydrogen) atoms. The van der Waals surface area contributed by atoms with Gasteiger partial charge in [-0.25, -0.2) is 19.7 Å². The summed E-state index contributed by atoms with van der Waals surface area (Å²) in [6, 6.07) is 4.88. The van der Waals surface area contributed by atoms with E-state index in [4.69, 9.17) is 0 Å². The van der Waals surface area contributed by atoms with E-state index < -0.39 is 12.0 Å². The number of hydrogen-bond acceptors (Lipinski definition) is 8. The normalized spacial score (nSPS) is 15.9. The first kappa shape index (κ1) is 18.4. The average Bonchev–Trinajstić information content (AvgIpc) is 3.37. The van der Waals surface area contributed by atoms with E-state index in [-0.39, 0.29) is 0 Å². The molecule has 4 heterocycles. The lowest BCUT2D eigenvalue weighted by molar-refractivity contribution is -0.138. The van der Waals surface area contributed by atoms with Gasteiger partial charge in [-0.1, -0.05) is 0 Å². The number of nitrogens with one attached hydrogen (secondary N) is 1. The lowest BCUT2D eigenvalue weighted by atomic mass is 10.1. The summed E-state index contributed by atoms with van der Waals surface area (Å²) in [6.45, 7) is 0.560. The molecule has 146 valence electrons. The fraction of sp³-hybridized carbons (Fsp3) is 0.263. The van der Waals surface area contributed by atoms with Gasteiger partial charge in [0, 0.05) is 37.7 Å². The fourth-order valence-corrected chi connectivity index (χ4v) is 3.38. The third kappa shape index (κ3) is 3.70. The van der Waals surface area contributed by atoms with E-state index in [1.165, 1.54) is 0 Å². The van der Waals surface area contributed by atoms with Gasteiger partial charge in [0.25, 0.3) is 0 Å². The summed E-state index contributed by atoms with van der Waals surface area (Å²) in [4.78, 5) is 26.2. The highest BCUT2D eigenvalue weighted by Gasteiger charge is 2.32. The van der Waals surface area contributed by atoms with Crippen LogP contribution in [0.3, 0.4) is 0 Å². The molecule has 0 bridgehead atoms. The number of aliphatic carboxylic acids is 1. The number of carbonyl (C=O) groups is 1. The maximum absolute atomic E-state index is 11.5. The highest BCUT2D eigenvalue weighted by atomic mass is 16.4. The maximum atomic E-state index is 11.5. The fourth-order valence-electron chi connectivity index (χ4n) is 3.38. The Balaban J connectivity index is 1.63. The molecule has 0 amide bonds. The van der Waals surface area contributed by atoms with Crippen molar-refractivity contribution < 1.29 is 9.90 Å². The van der Waals surface area contributed by atoms with Gasteiger partial charge >= 0.3 is 5.97 Å². The molecule has 3 aromatic heterocycles. The predicted molar refractivity (Wildman–Crippen MR) is 104 cm³/mol. The minimum atomic E-state index is -0.904. The van der Waals surface area contributed by atoms with E-state index in [1.807, 2.05) is 7.05 Å². The van der Waals surface area contributed by atoms with E-state index in [9.17, 15) is 15.2 Å². The van der Waals surface area contributed by atoms with Crippen LogP contribution in [0.2, 0.25) is 0 Å². The van der Waals surface area contributed by atoms with Crippen molar-refractivity contribution in [3.63, 3.8) is 0 Å². The van der Waals surface area contributed by atoms with Crippen LogP contribution in [0.4, 0.5) is 17.5 Å². The number of nitriles is 1. The Morgan fingerprint density at radius 1 is 1.38 bits per heavy atom. The number of pyridine rings is 1. The topological polar surface area (TPSA) is 133 Å². The Hall–Kier alpha value is -4.00. The summed E-state index contributed by atoms with van der Waals surface area (Å²) in [5.74, 6) is -0.119. The molecule has 1 unspecified atom stereocenters. The smallest absolute Gasteiger partial charge is 0.326 e. The minimum absolute atomic E-state index is 0.316. The highest BCUT2D eigenvalue weighted by Crippen LogP contribution is 2.29. The summed E-state index contributed by atoms with van der Waals surface area (Å²) in [5, 5.41) is 26.2. The van der Waals surface area contributed by atoms with Gasteiger partial charge in [0.05, 0.1) is 23.1 Å². The second-order valence-electron chi connectivity index (χ2n) is 6.69. The van der Waals surface area contributed by atoms with Crippen molar-refractivity contribution >= 4 is 23.4 Å². The van der Waals surface area contributed by atoms with Crippen molar-refractivity contribution in [3.05, 3.63) is 42.5 Å². The van der Waals surface area contributed by atoms with E-state index in [2.05, 4.69) is 31.4 Å². The van der Waals surface area contributed by atoms with E-state index in [0.717, 1.165) is 12.1 Å². The Labute approximate surface area is 166 Å². The molecule has 1 saturated heterocycles. The summed E-state index contributed by atoms with van der Waals surface area (Å²) < 4.78 is 1.66. The Bertz CT molecular complexity index is 1100. The SMILES string of the molecule is Cn1cc(Nc2nccc(-c3cnc(N4CCCC4C(=O)O)c(C#N)c3)n2)cn1. The van der Waals surface area contributed by atoms with Crippen molar-refractivity contribution in [2.24, 2.45) is 7.05 Å². The zero-order valence-electron chi connectivity index (χ0n) is 15.6. The average molecular weight is 390 g/mol. The van der Waals surface area contributed by atoms with Crippen LogP contribution in [0.1, 0.15) is 18.4 Å². The summed E-state index contributed by atoms with van der Waals surface area (Å²) >= 11 is 0. The Kier molecular flexibility index (Phi) is 4.78. The van der Waals surface area contributed by atoms with E-state index in [0.29, 0.717) is 41.6 Å². The van der Waals surface area contributed by atoms with Gasteiger partial charge in [0.1, 0.15) is 17.9 Å². The van der Waals surface area contributed by atoms with Gasteiger partial charge < -0.3 is 15.3 Å². The van der Waals surface area contributed by atoms with Gasteiger partial charge in [-0.2, -0.15) is 10.4 Å². The first-order valence-corrected chi connectivity index (χ1v) is 9.04. The number of rotatable bonds is 5. The summed E-state index contributed by atoms with van der Waals surface area (Å²) in [7, 11) is 1.81. The van der Waals surface area contributed by atoms with Crippen molar-refractivity contribution in [2.75, 3.05) is 16.8 Å². The minimum Gasteiger partial charge on any atom is -0.480 e. The van der Waals surface area contributed by atoms with Crippen LogP contribution in [0.5, 0.6) is 0 Å². The second kappa shape index (κ2) is 7.55. The van der Waals surface area contributed by atoms with Gasteiger partial charge in [-0.15, -0.1) is 0 Å². The second-order valence-corrected chi connectivity index (χ2v) is 6.69. The molecule has 0 aliphatic carbocycles. The predicted octanol–water partition coefficient (Wildman–Crippen LogP) is 1.94. The van der Waals surface area contributed by atoms with Crippen molar-refractivity contribution in [1.82, 2.24) is 24.7 Å². The van der Waals surface area contributed by atoms with Crippen LogP contribution in [0.25, 0.3) is 11.3 Å². The largest absolute Gasteiger partial charge is 0.480 e. The number of anilines is 3. The highest BCUT2D eigenvalue weighted by molar-refractivity contribution is 5.79. The zero-order chi connectivity index (χ0) is 20.4. The monoisotopic (exact) mass is 390 g/mol. The lowest BCUT2D eigenvalue weighted by Crippen LogP contribution is -2.36. The molecule has 1 atom stereocenters.